The highest BCUT2D eigenvalue weighted by atomic mass is 16.1. The van der Waals surface area contributed by atoms with E-state index in [0.717, 1.165) is 38.5 Å². The van der Waals surface area contributed by atoms with Gasteiger partial charge in [0.1, 0.15) is 5.78 Å². The van der Waals surface area contributed by atoms with E-state index in [4.69, 9.17) is 0 Å². The van der Waals surface area contributed by atoms with Crippen LogP contribution in [0.1, 0.15) is 73.1 Å². The van der Waals surface area contributed by atoms with E-state index >= 15 is 0 Å². The lowest BCUT2D eigenvalue weighted by atomic mass is 9.56. The minimum absolute atomic E-state index is 0.00463. The molecule has 1 atom stereocenters. The van der Waals surface area contributed by atoms with Crippen LogP contribution in [0.5, 0.6) is 0 Å². The number of Topliss-reactive ketones (excluding diaryl/α,β-unsaturated/α-hetero) is 1. The lowest BCUT2D eigenvalue weighted by Crippen LogP contribution is -2.45. The summed E-state index contributed by atoms with van der Waals surface area (Å²) in [5, 5.41) is 0. The number of rotatable bonds is 4. The molecule has 0 aliphatic heterocycles. The van der Waals surface area contributed by atoms with Crippen molar-refractivity contribution < 1.29 is 4.79 Å². The van der Waals surface area contributed by atoms with Crippen LogP contribution < -0.4 is 0 Å². The molecule has 0 bridgehead atoms. The topological polar surface area (TPSA) is 17.1 Å². The minimum atomic E-state index is 0.00463. The van der Waals surface area contributed by atoms with Gasteiger partial charge in [-0.05, 0) is 31.1 Å². The normalized spacial score (nSPS) is 28.1. The lowest BCUT2D eigenvalue weighted by molar-refractivity contribution is -0.141. The maximum Gasteiger partial charge on any atom is 0.141 e. The van der Waals surface area contributed by atoms with Crippen molar-refractivity contribution >= 4 is 5.78 Å². The Labute approximate surface area is 101 Å². The molecule has 94 valence electrons. The van der Waals surface area contributed by atoms with E-state index in [-0.39, 0.29) is 11.3 Å². The van der Waals surface area contributed by atoms with Crippen molar-refractivity contribution in [3.63, 3.8) is 0 Å². The van der Waals surface area contributed by atoms with Crippen molar-refractivity contribution in [3.05, 3.63) is 0 Å². The molecule has 0 saturated heterocycles. The van der Waals surface area contributed by atoms with Gasteiger partial charge in [0.25, 0.3) is 0 Å². The van der Waals surface area contributed by atoms with Gasteiger partial charge in [0.05, 0.1) is 0 Å². The van der Waals surface area contributed by atoms with Crippen LogP contribution in [-0.2, 0) is 4.79 Å². The van der Waals surface area contributed by atoms with Gasteiger partial charge in [-0.1, -0.05) is 47.5 Å². The first-order chi connectivity index (χ1) is 7.37. The Morgan fingerprint density at radius 2 is 1.69 bits per heavy atom. The van der Waals surface area contributed by atoms with Gasteiger partial charge in [0.2, 0.25) is 0 Å². The molecule has 1 nitrogen and oxygen atoms in total. The predicted molar refractivity (Wildman–Crippen MR) is 69.4 cm³/mol. The quantitative estimate of drug-likeness (QED) is 0.682. The number of ketones is 1. The van der Waals surface area contributed by atoms with Gasteiger partial charge in [-0.15, -0.1) is 0 Å². The monoisotopic (exact) mass is 224 g/mol. The Balaban J connectivity index is 2.98. The van der Waals surface area contributed by atoms with Crippen LogP contribution in [0.3, 0.4) is 0 Å². The Morgan fingerprint density at radius 1 is 1.19 bits per heavy atom. The van der Waals surface area contributed by atoms with E-state index < -0.39 is 0 Å². The Kier molecular flexibility index (Phi) is 4.20. The van der Waals surface area contributed by atoms with Crippen LogP contribution in [-0.4, -0.2) is 5.78 Å². The molecular weight excluding hydrogens is 196 g/mol. The van der Waals surface area contributed by atoms with Crippen molar-refractivity contribution in [2.45, 2.75) is 73.1 Å². The second-order valence-electron chi connectivity index (χ2n) is 6.59. The molecule has 1 saturated carbocycles. The van der Waals surface area contributed by atoms with Gasteiger partial charge in [-0.2, -0.15) is 0 Å². The highest BCUT2D eigenvalue weighted by molar-refractivity contribution is 5.87. The maximum absolute atomic E-state index is 12.5. The highest BCUT2D eigenvalue weighted by Gasteiger charge is 2.47. The fraction of sp³-hybridized carbons (Fsp3) is 0.933. The molecule has 1 heteroatoms. The van der Waals surface area contributed by atoms with Crippen molar-refractivity contribution in [2.75, 3.05) is 0 Å². The molecule has 0 aromatic rings. The zero-order valence-electron chi connectivity index (χ0n) is 11.7. The Bertz CT molecular complexity index is 246. The summed E-state index contributed by atoms with van der Waals surface area (Å²) < 4.78 is 0. The average molecular weight is 224 g/mol. The average Bonchev–Trinajstić information content (AvgIpc) is 2.13. The van der Waals surface area contributed by atoms with E-state index in [2.05, 4.69) is 34.6 Å². The summed E-state index contributed by atoms with van der Waals surface area (Å²) in [7, 11) is 0. The molecule has 0 spiro atoms. The summed E-state index contributed by atoms with van der Waals surface area (Å²) in [5.74, 6) is 0.817. The van der Waals surface area contributed by atoms with E-state index in [1.165, 1.54) is 0 Å². The number of carbonyl (C=O) groups is 1. The largest absolute Gasteiger partial charge is 0.299 e. The zero-order chi connectivity index (χ0) is 12.4. The van der Waals surface area contributed by atoms with E-state index in [1.807, 2.05) is 0 Å². The van der Waals surface area contributed by atoms with Crippen molar-refractivity contribution in [1.82, 2.24) is 0 Å². The molecule has 1 aliphatic carbocycles. The van der Waals surface area contributed by atoms with E-state index in [1.54, 1.807) is 0 Å². The van der Waals surface area contributed by atoms with Crippen LogP contribution >= 0.6 is 0 Å². The maximum atomic E-state index is 12.5. The third-order valence-electron chi connectivity index (χ3n) is 4.10. The molecule has 0 amide bonds. The minimum Gasteiger partial charge on any atom is -0.299 e. The number of hydrogen-bond donors (Lipinski definition) is 0. The van der Waals surface area contributed by atoms with Crippen LogP contribution in [0.4, 0.5) is 0 Å². The summed E-state index contributed by atoms with van der Waals surface area (Å²) in [4.78, 5) is 12.5. The summed E-state index contributed by atoms with van der Waals surface area (Å²) in [6.07, 6.45) is 6.62. The first kappa shape index (κ1) is 13.7. The fourth-order valence-electron chi connectivity index (χ4n) is 4.02. The van der Waals surface area contributed by atoms with E-state index in [0.29, 0.717) is 11.2 Å². The van der Waals surface area contributed by atoms with Crippen LogP contribution in [0.2, 0.25) is 0 Å². The van der Waals surface area contributed by atoms with Gasteiger partial charge in [0, 0.05) is 11.3 Å². The molecule has 16 heavy (non-hydrogen) atoms. The SMILES string of the molecule is CCCC1(CCC)CC(C)(C)CC(C)C1=O. The van der Waals surface area contributed by atoms with E-state index in [9.17, 15) is 4.79 Å². The third-order valence-corrected chi connectivity index (χ3v) is 4.10. The van der Waals surface area contributed by atoms with Gasteiger partial charge in [-0.25, -0.2) is 0 Å². The standard InChI is InChI=1S/C15H28O/c1-6-8-15(9-7-2)11-14(4,5)10-12(3)13(15)16/h12H,6-11H2,1-5H3. The molecular formula is C15H28O. The smallest absolute Gasteiger partial charge is 0.141 e. The summed E-state index contributed by atoms with van der Waals surface area (Å²) in [5.41, 5.74) is 0.350. The summed E-state index contributed by atoms with van der Waals surface area (Å²) in [6.45, 7) is 11.2. The second kappa shape index (κ2) is 4.89. The number of hydrogen-bond acceptors (Lipinski definition) is 1. The van der Waals surface area contributed by atoms with Gasteiger partial charge < -0.3 is 0 Å². The molecule has 1 aliphatic rings. The summed E-state index contributed by atoms with van der Waals surface area (Å²) in [6, 6.07) is 0. The molecule has 1 fully saturated rings. The molecule has 0 heterocycles. The highest BCUT2D eigenvalue weighted by Crippen LogP contribution is 2.50. The van der Waals surface area contributed by atoms with Crippen LogP contribution in [0.15, 0.2) is 0 Å². The first-order valence-electron chi connectivity index (χ1n) is 6.91. The van der Waals surface area contributed by atoms with Crippen molar-refractivity contribution in [1.29, 1.82) is 0 Å². The molecule has 0 aromatic heterocycles. The molecule has 0 aromatic carbocycles. The van der Waals surface area contributed by atoms with Crippen LogP contribution in [0, 0.1) is 16.7 Å². The molecule has 1 rings (SSSR count). The lowest BCUT2D eigenvalue weighted by Gasteiger charge is -2.46. The Morgan fingerprint density at radius 3 is 2.12 bits per heavy atom. The van der Waals surface area contributed by atoms with Gasteiger partial charge in [-0.3, -0.25) is 4.79 Å². The molecule has 0 N–H and O–H groups in total. The van der Waals surface area contributed by atoms with Crippen molar-refractivity contribution in [3.8, 4) is 0 Å². The fourth-order valence-corrected chi connectivity index (χ4v) is 4.02. The Hall–Kier alpha value is -0.330. The number of carbonyl (C=O) groups excluding carboxylic acids is 1. The van der Waals surface area contributed by atoms with Crippen molar-refractivity contribution in [2.24, 2.45) is 16.7 Å². The molecule has 0 radical (unpaired) electrons. The predicted octanol–water partition coefficient (Wildman–Crippen LogP) is 4.60. The zero-order valence-corrected chi connectivity index (χ0v) is 11.7. The third kappa shape index (κ3) is 2.67. The van der Waals surface area contributed by atoms with Gasteiger partial charge in [0.15, 0.2) is 0 Å². The molecule has 1 unspecified atom stereocenters. The van der Waals surface area contributed by atoms with Gasteiger partial charge >= 0.3 is 0 Å². The first-order valence-corrected chi connectivity index (χ1v) is 6.91. The van der Waals surface area contributed by atoms with Crippen LogP contribution in [0.25, 0.3) is 0 Å². The summed E-state index contributed by atoms with van der Waals surface area (Å²) >= 11 is 0. The second-order valence-corrected chi connectivity index (χ2v) is 6.59.